The molecule has 1 fully saturated rings. The molecule has 0 bridgehead atoms. The molecule has 1 aromatic carbocycles. The van der Waals surface area contributed by atoms with Crippen LogP contribution in [0.15, 0.2) is 24.3 Å². The minimum Gasteiger partial charge on any atom is -0.347 e. The lowest BCUT2D eigenvalue weighted by Gasteiger charge is -2.24. The molecule has 4 rings (SSSR count). The Morgan fingerprint density at radius 1 is 1.11 bits per heavy atom. The van der Waals surface area contributed by atoms with Crippen LogP contribution < -0.4 is 5.32 Å². The maximum Gasteiger partial charge on any atom is 0.0482 e. The highest BCUT2D eigenvalue weighted by atomic mass is 15.0. The second-order valence-electron chi connectivity index (χ2n) is 5.88. The van der Waals surface area contributed by atoms with Crippen molar-refractivity contribution < 1.29 is 0 Å². The lowest BCUT2D eigenvalue weighted by molar-refractivity contribution is 0.450. The molecule has 1 saturated carbocycles. The van der Waals surface area contributed by atoms with Crippen molar-refractivity contribution in [3.63, 3.8) is 0 Å². The zero-order chi connectivity index (χ0) is 12.1. The van der Waals surface area contributed by atoms with E-state index in [1.807, 2.05) is 0 Å². The summed E-state index contributed by atoms with van der Waals surface area (Å²) in [5.74, 6) is 0. The van der Waals surface area contributed by atoms with Gasteiger partial charge in [-0.25, -0.2) is 0 Å². The third-order valence-electron chi connectivity index (χ3n) is 4.57. The molecule has 0 radical (unpaired) electrons. The molecule has 2 aliphatic carbocycles. The molecule has 2 nitrogen and oxygen atoms in total. The van der Waals surface area contributed by atoms with Gasteiger partial charge in [-0.05, 0) is 43.7 Å². The van der Waals surface area contributed by atoms with E-state index in [1.54, 1.807) is 11.3 Å². The van der Waals surface area contributed by atoms with Gasteiger partial charge in [0.15, 0.2) is 0 Å². The predicted octanol–water partition coefficient (Wildman–Crippen LogP) is 2.79. The number of para-hydroxylation sites is 1. The number of aromatic nitrogens is 1. The van der Waals surface area contributed by atoms with E-state index >= 15 is 0 Å². The van der Waals surface area contributed by atoms with Gasteiger partial charge in [0.2, 0.25) is 0 Å². The summed E-state index contributed by atoms with van der Waals surface area (Å²) >= 11 is 0. The molecule has 0 aliphatic heterocycles. The first-order valence-electron chi connectivity index (χ1n) is 7.14. The fourth-order valence-electron chi connectivity index (χ4n) is 3.46. The zero-order valence-corrected chi connectivity index (χ0v) is 10.9. The summed E-state index contributed by atoms with van der Waals surface area (Å²) in [7, 11) is 2.22. The molecule has 2 heteroatoms. The molecule has 0 spiro atoms. The smallest absolute Gasteiger partial charge is 0.0482 e. The number of hydrogen-bond donors (Lipinski definition) is 1. The van der Waals surface area contributed by atoms with Crippen LogP contribution >= 0.6 is 0 Å². The summed E-state index contributed by atoms with van der Waals surface area (Å²) in [4.78, 5) is 0. The number of nitrogens with one attached hydrogen (secondary N) is 1. The van der Waals surface area contributed by atoms with Crippen LogP contribution in [0.3, 0.4) is 0 Å². The van der Waals surface area contributed by atoms with Crippen molar-refractivity contribution in [1.82, 2.24) is 9.88 Å². The van der Waals surface area contributed by atoms with Crippen molar-refractivity contribution >= 4 is 10.9 Å². The number of hydrogen-bond acceptors (Lipinski definition) is 1. The Bertz CT molecular complexity index is 592. The Kier molecular flexibility index (Phi) is 2.28. The number of nitrogens with zero attached hydrogens (tertiary/aromatic N) is 1. The summed E-state index contributed by atoms with van der Waals surface area (Å²) < 4.78 is 2.40. The zero-order valence-electron chi connectivity index (χ0n) is 10.9. The van der Waals surface area contributed by atoms with Crippen LogP contribution in [0.1, 0.15) is 30.5 Å². The van der Waals surface area contributed by atoms with Gasteiger partial charge in [0, 0.05) is 35.7 Å². The molecule has 1 N–H and O–H groups in total. The third kappa shape index (κ3) is 1.59. The van der Waals surface area contributed by atoms with Crippen LogP contribution in [-0.2, 0) is 19.9 Å². The second kappa shape index (κ2) is 3.86. The van der Waals surface area contributed by atoms with Crippen molar-refractivity contribution in [2.45, 2.75) is 44.2 Å². The average molecular weight is 240 g/mol. The molecule has 1 aromatic heterocycles. The maximum absolute atomic E-state index is 3.80. The predicted molar refractivity (Wildman–Crippen MR) is 74.9 cm³/mol. The normalized spacial score (nSPS) is 23.3. The number of rotatable bonds is 2. The van der Waals surface area contributed by atoms with Crippen molar-refractivity contribution in [1.29, 1.82) is 0 Å². The van der Waals surface area contributed by atoms with Gasteiger partial charge in [0.05, 0.1) is 0 Å². The van der Waals surface area contributed by atoms with E-state index in [-0.39, 0.29) is 0 Å². The van der Waals surface area contributed by atoms with E-state index in [9.17, 15) is 0 Å². The lowest BCUT2D eigenvalue weighted by Crippen LogP contribution is -2.36. The molecule has 0 saturated heterocycles. The maximum atomic E-state index is 3.80. The van der Waals surface area contributed by atoms with Gasteiger partial charge in [0.1, 0.15) is 0 Å². The molecular weight excluding hydrogens is 220 g/mol. The highest BCUT2D eigenvalue weighted by Crippen LogP contribution is 2.32. The molecule has 18 heavy (non-hydrogen) atoms. The molecule has 94 valence electrons. The average Bonchev–Trinajstić information content (AvgIpc) is 3.17. The van der Waals surface area contributed by atoms with E-state index in [4.69, 9.17) is 0 Å². The molecule has 1 atom stereocenters. The summed E-state index contributed by atoms with van der Waals surface area (Å²) in [6.45, 7) is 0. The third-order valence-corrected chi connectivity index (χ3v) is 4.57. The van der Waals surface area contributed by atoms with Gasteiger partial charge in [-0.2, -0.15) is 0 Å². The van der Waals surface area contributed by atoms with Gasteiger partial charge in [-0.1, -0.05) is 18.2 Å². The fraction of sp³-hybridized carbons (Fsp3) is 0.500. The topological polar surface area (TPSA) is 17.0 Å². The van der Waals surface area contributed by atoms with Gasteiger partial charge in [-0.15, -0.1) is 0 Å². The van der Waals surface area contributed by atoms with Crippen molar-refractivity contribution in [2.75, 3.05) is 0 Å². The van der Waals surface area contributed by atoms with Crippen LogP contribution in [0.4, 0.5) is 0 Å². The summed E-state index contributed by atoms with van der Waals surface area (Å²) in [5.41, 5.74) is 4.55. The summed E-state index contributed by atoms with van der Waals surface area (Å²) in [5, 5.41) is 5.27. The number of benzene rings is 1. The Morgan fingerprint density at radius 3 is 2.78 bits per heavy atom. The molecule has 2 aliphatic rings. The molecule has 1 heterocycles. The SMILES string of the molecule is Cn1c2c(c3ccccc31)CC(NC1CC1)CC2. The minimum absolute atomic E-state index is 0.704. The van der Waals surface area contributed by atoms with Gasteiger partial charge in [0.25, 0.3) is 0 Å². The number of aryl methyl sites for hydroxylation is 1. The second-order valence-corrected chi connectivity index (χ2v) is 5.88. The lowest BCUT2D eigenvalue weighted by atomic mass is 9.91. The van der Waals surface area contributed by atoms with Crippen LogP contribution in [-0.4, -0.2) is 16.7 Å². The Balaban J connectivity index is 1.75. The molecule has 0 amide bonds. The largest absolute Gasteiger partial charge is 0.347 e. The first-order valence-corrected chi connectivity index (χ1v) is 7.14. The Labute approximate surface area is 108 Å². The summed E-state index contributed by atoms with van der Waals surface area (Å²) in [6, 6.07) is 10.4. The van der Waals surface area contributed by atoms with Gasteiger partial charge in [-0.3, -0.25) is 0 Å². The highest BCUT2D eigenvalue weighted by Gasteiger charge is 2.29. The first kappa shape index (κ1) is 10.6. The quantitative estimate of drug-likeness (QED) is 0.854. The van der Waals surface area contributed by atoms with Crippen molar-refractivity contribution in [3.05, 3.63) is 35.5 Å². The van der Waals surface area contributed by atoms with Gasteiger partial charge < -0.3 is 9.88 Å². The molecule has 2 aromatic rings. The van der Waals surface area contributed by atoms with E-state index in [0.29, 0.717) is 6.04 Å². The van der Waals surface area contributed by atoms with Crippen molar-refractivity contribution in [3.8, 4) is 0 Å². The van der Waals surface area contributed by atoms with E-state index in [2.05, 4.69) is 41.2 Å². The van der Waals surface area contributed by atoms with Crippen LogP contribution in [0.5, 0.6) is 0 Å². The highest BCUT2D eigenvalue weighted by molar-refractivity contribution is 5.85. The molecular formula is C16H20N2. The minimum atomic E-state index is 0.704. The standard InChI is InChI=1S/C16H20N2/c1-18-15-5-3-2-4-13(15)14-10-12(8-9-16(14)18)17-11-6-7-11/h2-5,11-12,17H,6-10H2,1H3. The van der Waals surface area contributed by atoms with Crippen molar-refractivity contribution in [2.24, 2.45) is 7.05 Å². The van der Waals surface area contributed by atoms with Gasteiger partial charge >= 0.3 is 0 Å². The van der Waals surface area contributed by atoms with Crippen LogP contribution in [0.25, 0.3) is 10.9 Å². The Hall–Kier alpha value is -1.28. The van der Waals surface area contributed by atoms with Crippen LogP contribution in [0, 0.1) is 0 Å². The fourth-order valence-corrected chi connectivity index (χ4v) is 3.46. The first-order chi connectivity index (χ1) is 8.83. The monoisotopic (exact) mass is 240 g/mol. The number of fused-ring (bicyclic) bond motifs is 3. The molecule has 1 unspecified atom stereocenters. The van der Waals surface area contributed by atoms with E-state index in [0.717, 1.165) is 6.04 Å². The summed E-state index contributed by atoms with van der Waals surface area (Å²) in [6.07, 6.45) is 6.52. The van der Waals surface area contributed by atoms with E-state index in [1.165, 1.54) is 43.0 Å². The van der Waals surface area contributed by atoms with Crippen LogP contribution in [0.2, 0.25) is 0 Å². The van der Waals surface area contributed by atoms with E-state index < -0.39 is 0 Å². The Morgan fingerprint density at radius 2 is 1.94 bits per heavy atom.